The molecule has 2 saturated heterocycles. The molecule has 2 rings (SSSR count). The van der Waals surface area contributed by atoms with Crippen molar-refractivity contribution in [3.63, 3.8) is 0 Å². The highest BCUT2D eigenvalue weighted by Crippen LogP contribution is 2.36. The van der Waals surface area contributed by atoms with Gasteiger partial charge in [0, 0.05) is 6.54 Å². The zero-order valence-corrected chi connectivity index (χ0v) is 13.8. The third-order valence-corrected chi connectivity index (χ3v) is 3.27. The van der Waals surface area contributed by atoms with Crippen LogP contribution >= 0.6 is 0 Å². The average Bonchev–Trinajstić information content (AvgIpc) is 2.77. The predicted molar refractivity (Wildman–Crippen MR) is 77.2 cm³/mol. The molecule has 0 spiro atoms. The van der Waals surface area contributed by atoms with E-state index in [1.54, 1.807) is 34.6 Å². The molecule has 126 valence electrons. The number of rotatable bonds is 4. The molecule has 7 heteroatoms. The maximum Gasteiger partial charge on any atom is 0.407 e. The first-order valence-corrected chi connectivity index (χ1v) is 7.59. The number of ether oxygens (including phenoxy) is 4. The summed E-state index contributed by atoms with van der Waals surface area (Å²) in [4.78, 5) is 23.6. The molecule has 2 fully saturated rings. The van der Waals surface area contributed by atoms with Gasteiger partial charge in [-0.3, -0.25) is 4.79 Å². The van der Waals surface area contributed by atoms with Crippen molar-refractivity contribution in [2.45, 2.75) is 77.3 Å². The van der Waals surface area contributed by atoms with Crippen molar-refractivity contribution in [2.24, 2.45) is 0 Å². The zero-order valence-electron chi connectivity index (χ0n) is 13.8. The maximum absolute atomic E-state index is 12.1. The van der Waals surface area contributed by atoms with E-state index in [-0.39, 0.29) is 5.78 Å². The molecule has 0 aromatic rings. The van der Waals surface area contributed by atoms with E-state index in [2.05, 4.69) is 5.32 Å². The minimum absolute atomic E-state index is 0.0900. The van der Waals surface area contributed by atoms with Crippen LogP contribution < -0.4 is 5.32 Å². The summed E-state index contributed by atoms with van der Waals surface area (Å²) in [5.41, 5.74) is -0.520. The highest BCUT2D eigenvalue weighted by Gasteiger charge is 2.53. The molecule has 3 atom stereocenters. The lowest BCUT2D eigenvalue weighted by Crippen LogP contribution is -2.34. The van der Waals surface area contributed by atoms with Crippen molar-refractivity contribution >= 4 is 11.9 Å². The standard InChI is InChI=1S/C15H25NO6/c1-14(2,3)22-13(18)16-8-6-7-9-10(17)11-12(19-9)21-15(4,5)20-11/h9,11-12H,6-8H2,1-5H3,(H,16,18)/t9?,11-,12-/m1/s1. The average molecular weight is 315 g/mol. The fourth-order valence-corrected chi connectivity index (χ4v) is 2.44. The molecule has 22 heavy (non-hydrogen) atoms. The van der Waals surface area contributed by atoms with E-state index in [4.69, 9.17) is 18.9 Å². The third-order valence-electron chi connectivity index (χ3n) is 3.27. The highest BCUT2D eigenvalue weighted by atomic mass is 16.8. The first kappa shape index (κ1) is 17.2. The molecule has 0 radical (unpaired) electrons. The van der Waals surface area contributed by atoms with Gasteiger partial charge in [0.1, 0.15) is 11.7 Å². The Morgan fingerprint density at radius 3 is 2.59 bits per heavy atom. The monoisotopic (exact) mass is 315 g/mol. The smallest absolute Gasteiger partial charge is 0.407 e. The van der Waals surface area contributed by atoms with E-state index >= 15 is 0 Å². The van der Waals surface area contributed by atoms with Crippen LogP contribution in [0.25, 0.3) is 0 Å². The normalized spacial score (nSPS) is 30.2. The summed E-state index contributed by atoms with van der Waals surface area (Å²) in [5.74, 6) is -0.873. The zero-order chi connectivity index (χ0) is 16.5. The van der Waals surface area contributed by atoms with Crippen LogP contribution in [0, 0.1) is 0 Å². The second-order valence-electron chi connectivity index (χ2n) is 7.02. The molecule has 2 aliphatic heterocycles. The van der Waals surface area contributed by atoms with Gasteiger partial charge in [0.05, 0.1) is 0 Å². The number of alkyl carbamates (subject to hydrolysis) is 1. The first-order valence-electron chi connectivity index (χ1n) is 7.59. The molecule has 7 nitrogen and oxygen atoms in total. The Hall–Kier alpha value is -1.18. The molecule has 1 N–H and O–H groups in total. The second kappa shape index (κ2) is 6.14. The van der Waals surface area contributed by atoms with E-state index in [0.29, 0.717) is 19.4 Å². The van der Waals surface area contributed by atoms with Crippen LogP contribution in [0.4, 0.5) is 4.79 Å². The van der Waals surface area contributed by atoms with Crippen molar-refractivity contribution in [3.8, 4) is 0 Å². The second-order valence-corrected chi connectivity index (χ2v) is 7.02. The fourth-order valence-electron chi connectivity index (χ4n) is 2.44. The summed E-state index contributed by atoms with van der Waals surface area (Å²) in [7, 11) is 0. The Morgan fingerprint density at radius 2 is 2.00 bits per heavy atom. The Balaban J connectivity index is 1.67. The van der Waals surface area contributed by atoms with Gasteiger partial charge < -0.3 is 24.3 Å². The van der Waals surface area contributed by atoms with Gasteiger partial charge in [0.15, 0.2) is 24.0 Å². The summed E-state index contributed by atoms with van der Waals surface area (Å²) >= 11 is 0. The molecule has 2 aliphatic rings. The molecule has 1 amide bonds. The molecule has 1 unspecified atom stereocenters. The molecule has 0 saturated carbocycles. The SMILES string of the molecule is CC(C)(C)OC(=O)NCCCC1O[C@@H]2OC(C)(C)O[C@@H]2C1=O. The van der Waals surface area contributed by atoms with Gasteiger partial charge in [-0.25, -0.2) is 4.79 Å². The van der Waals surface area contributed by atoms with Gasteiger partial charge in [0.25, 0.3) is 0 Å². The Labute approximate surface area is 130 Å². The minimum Gasteiger partial charge on any atom is -0.444 e. The van der Waals surface area contributed by atoms with Crippen LogP contribution in [-0.4, -0.2) is 48.3 Å². The summed E-state index contributed by atoms with van der Waals surface area (Å²) in [5, 5.41) is 2.65. The van der Waals surface area contributed by atoms with E-state index in [1.165, 1.54) is 0 Å². The van der Waals surface area contributed by atoms with Crippen molar-refractivity contribution < 1.29 is 28.5 Å². The Morgan fingerprint density at radius 1 is 1.32 bits per heavy atom. The van der Waals surface area contributed by atoms with E-state index in [1.807, 2.05) is 0 Å². The summed E-state index contributed by atoms with van der Waals surface area (Å²) < 4.78 is 21.8. The van der Waals surface area contributed by atoms with Gasteiger partial charge in [-0.15, -0.1) is 0 Å². The molecular weight excluding hydrogens is 290 g/mol. The van der Waals surface area contributed by atoms with Crippen LogP contribution in [0.2, 0.25) is 0 Å². The fraction of sp³-hybridized carbons (Fsp3) is 0.867. The number of nitrogens with one attached hydrogen (secondary N) is 1. The number of fused-ring (bicyclic) bond motifs is 1. The van der Waals surface area contributed by atoms with Crippen LogP contribution in [-0.2, 0) is 23.7 Å². The van der Waals surface area contributed by atoms with Gasteiger partial charge in [-0.2, -0.15) is 0 Å². The molecule has 0 aromatic carbocycles. The predicted octanol–water partition coefficient (Wildman–Crippen LogP) is 1.74. The van der Waals surface area contributed by atoms with Gasteiger partial charge >= 0.3 is 6.09 Å². The lowest BCUT2D eigenvalue weighted by Gasteiger charge is -2.20. The topological polar surface area (TPSA) is 83.1 Å². The van der Waals surface area contributed by atoms with Crippen LogP contribution in [0.1, 0.15) is 47.5 Å². The maximum atomic E-state index is 12.1. The molecule has 0 bridgehead atoms. The largest absolute Gasteiger partial charge is 0.444 e. The number of ketones is 1. The lowest BCUT2D eigenvalue weighted by molar-refractivity contribution is -0.205. The van der Waals surface area contributed by atoms with E-state index in [9.17, 15) is 9.59 Å². The highest BCUT2D eigenvalue weighted by molar-refractivity contribution is 5.89. The number of carbonyl (C=O) groups is 2. The number of hydrogen-bond acceptors (Lipinski definition) is 6. The van der Waals surface area contributed by atoms with Crippen LogP contribution in [0.5, 0.6) is 0 Å². The Kier molecular flexibility index (Phi) is 4.79. The van der Waals surface area contributed by atoms with Crippen molar-refractivity contribution in [1.82, 2.24) is 5.32 Å². The molecule has 2 heterocycles. The van der Waals surface area contributed by atoms with Crippen LogP contribution in [0.15, 0.2) is 0 Å². The van der Waals surface area contributed by atoms with E-state index < -0.39 is 36.0 Å². The minimum atomic E-state index is -0.783. The number of carbonyl (C=O) groups excluding carboxylic acids is 2. The van der Waals surface area contributed by atoms with Gasteiger partial charge in [-0.05, 0) is 47.5 Å². The number of hydrogen-bond donors (Lipinski definition) is 1. The molecule has 0 aromatic heterocycles. The van der Waals surface area contributed by atoms with Crippen molar-refractivity contribution in [2.75, 3.05) is 6.54 Å². The van der Waals surface area contributed by atoms with Crippen molar-refractivity contribution in [3.05, 3.63) is 0 Å². The quantitative estimate of drug-likeness (QED) is 0.796. The van der Waals surface area contributed by atoms with Crippen LogP contribution in [0.3, 0.4) is 0 Å². The van der Waals surface area contributed by atoms with Gasteiger partial charge in [-0.1, -0.05) is 0 Å². The number of amides is 1. The van der Waals surface area contributed by atoms with E-state index in [0.717, 1.165) is 0 Å². The number of Topliss-reactive ketones (excluding diaryl/α,β-unsaturated/α-hetero) is 1. The molecular formula is C15H25NO6. The lowest BCUT2D eigenvalue weighted by atomic mass is 10.1. The summed E-state index contributed by atoms with van der Waals surface area (Å²) in [6, 6.07) is 0. The third kappa shape index (κ3) is 4.41. The summed E-state index contributed by atoms with van der Waals surface area (Å²) in [6.07, 6.45) is -1.14. The van der Waals surface area contributed by atoms with Crippen molar-refractivity contribution in [1.29, 1.82) is 0 Å². The molecule has 0 aliphatic carbocycles. The first-order chi connectivity index (χ1) is 10.1. The summed E-state index contributed by atoms with van der Waals surface area (Å²) in [6.45, 7) is 9.33. The Bertz CT molecular complexity index is 442. The van der Waals surface area contributed by atoms with Gasteiger partial charge in [0.2, 0.25) is 0 Å².